The molecule has 0 radical (unpaired) electrons. The molecule has 120 valence electrons. The van der Waals surface area contributed by atoms with Gasteiger partial charge in [-0.25, -0.2) is 8.42 Å². The summed E-state index contributed by atoms with van der Waals surface area (Å²) < 4.78 is 37.1. The fraction of sp³-hybridized carbons (Fsp3) is 0.929. The molecule has 0 bridgehead atoms. The molecule has 2 heterocycles. The summed E-state index contributed by atoms with van der Waals surface area (Å²) in [6.07, 6.45) is 4.45. The SMILES string of the molecule is COC(=O)C1C2CCCC2CN1S(=O)(=O)CC1CCCO1. The second-order valence-corrected chi connectivity index (χ2v) is 8.27. The molecule has 1 saturated carbocycles. The zero-order chi connectivity index (χ0) is 15.0. The van der Waals surface area contributed by atoms with E-state index in [9.17, 15) is 13.2 Å². The highest BCUT2D eigenvalue weighted by Crippen LogP contribution is 2.43. The molecule has 7 heteroatoms. The highest BCUT2D eigenvalue weighted by molar-refractivity contribution is 7.89. The molecule has 6 nitrogen and oxygen atoms in total. The van der Waals surface area contributed by atoms with Crippen molar-refractivity contribution in [3.05, 3.63) is 0 Å². The monoisotopic (exact) mass is 317 g/mol. The van der Waals surface area contributed by atoms with E-state index < -0.39 is 22.0 Å². The molecule has 2 aliphatic heterocycles. The van der Waals surface area contributed by atoms with E-state index in [1.807, 2.05) is 0 Å². The number of sulfonamides is 1. The number of ether oxygens (including phenoxy) is 2. The molecule has 0 aromatic rings. The maximum atomic E-state index is 12.7. The van der Waals surface area contributed by atoms with Crippen molar-refractivity contribution in [2.45, 2.75) is 44.2 Å². The third kappa shape index (κ3) is 2.83. The van der Waals surface area contributed by atoms with Crippen molar-refractivity contribution in [2.75, 3.05) is 26.0 Å². The summed E-state index contributed by atoms with van der Waals surface area (Å²) in [6, 6.07) is -0.631. The number of hydrogen-bond donors (Lipinski definition) is 0. The van der Waals surface area contributed by atoms with E-state index in [2.05, 4.69) is 0 Å². The zero-order valence-corrected chi connectivity index (χ0v) is 13.2. The Balaban J connectivity index is 1.79. The number of fused-ring (bicyclic) bond motifs is 1. The molecule has 1 aliphatic carbocycles. The van der Waals surface area contributed by atoms with Gasteiger partial charge < -0.3 is 9.47 Å². The number of carbonyl (C=O) groups is 1. The largest absolute Gasteiger partial charge is 0.468 e. The molecule has 3 fully saturated rings. The second-order valence-electron chi connectivity index (χ2n) is 6.31. The predicted molar refractivity (Wildman–Crippen MR) is 76.1 cm³/mol. The van der Waals surface area contributed by atoms with E-state index in [0.717, 1.165) is 32.1 Å². The Morgan fingerprint density at radius 3 is 2.76 bits per heavy atom. The van der Waals surface area contributed by atoms with Gasteiger partial charge in [0.1, 0.15) is 6.04 Å². The van der Waals surface area contributed by atoms with Crippen LogP contribution in [0.5, 0.6) is 0 Å². The molecule has 3 rings (SSSR count). The van der Waals surface area contributed by atoms with Gasteiger partial charge in [0.2, 0.25) is 10.0 Å². The van der Waals surface area contributed by atoms with Crippen LogP contribution in [-0.2, 0) is 24.3 Å². The van der Waals surface area contributed by atoms with Gasteiger partial charge >= 0.3 is 5.97 Å². The smallest absolute Gasteiger partial charge is 0.324 e. The van der Waals surface area contributed by atoms with E-state index in [0.29, 0.717) is 19.1 Å². The van der Waals surface area contributed by atoms with Crippen LogP contribution < -0.4 is 0 Å². The molecular formula is C14H23NO5S. The second kappa shape index (κ2) is 5.85. The molecule has 4 atom stereocenters. The van der Waals surface area contributed by atoms with Gasteiger partial charge in [0.25, 0.3) is 0 Å². The van der Waals surface area contributed by atoms with Gasteiger partial charge in [0.15, 0.2) is 0 Å². The molecule has 0 N–H and O–H groups in total. The lowest BCUT2D eigenvalue weighted by atomic mass is 9.94. The maximum Gasteiger partial charge on any atom is 0.324 e. The standard InChI is InChI=1S/C14H23NO5S/c1-19-14(16)13-12-6-2-4-10(12)8-15(13)21(17,18)9-11-5-3-7-20-11/h10-13H,2-9H2,1H3. The number of carbonyl (C=O) groups excluding carboxylic acids is 1. The van der Waals surface area contributed by atoms with E-state index in [-0.39, 0.29) is 17.8 Å². The minimum Gasteiger partial charge on any atom is -0.468 e. The van der Waals surface area contributed by atoms with Crippen LogP contribution in [0.2, 0.25) is 0 Å². The van der Waals surface area contributed by atoms with Crippen molar-refractivity contribution < 1.29 is 22.7 Å². The topological polar surface area (TPSA) is 72.9 Å². The minimum atomic E-state index is -3.48. The minimum absolute atomic E-state index is 0.0140. The Morgan fingerprint density at radius 1 is 1.29 bits per heavy atom. The average Bonchev–Trinajstić information content (AvgIpc) is 3.12. The van der Waals surface area contributed by atoms with Crippen LogP contribution in [0, 0.1) is 11.8 Å². The third-order valence-corrected chi connectivity index (χ3v) is 6.95. The van der Waals surface area contributed by atoms with Crippen molar-refractivity contribution in [3.63, 3.8) is 0 Å². The molecule has 4 unspecified atom stereocenters. The van der Waals surface area contributed by atoms with Crippen molar-refractivity contribution in [1.29, 1.82) is 0 Å². The van der Waals surface area contributed by atoms with Crippen molar-refractivity contribution >= 4 is 16.0 Å². The Morgan fingerprint density at radius 2 is 2.10 bits per heavy atom. The lowest BCUT2D eigenvalue weighted by Gasteiger charge is -2.26. The quantitative estimate of drug-likeness (QED) is 0.716. The van der Waals surface area contributed by atoms with E-state index in [1.54, 1.807) is 0 Å². The number of esters is 1. The van der Waals surface area contributed by atoms with Gasteiger partial charge in [0.05, 0.1) is 19.0 Å². The van der Waals surface area contributed by atoms with Gasteiger partial charge in [-0.2, -0.15) is 4.31 Å². The van der Waals surface area contributed by atoms with E-state index >= 15 is 0 Å². The predicted octanol–water partition coefficient (Wildman–Crippen LogP) is 0.769. The third-order valence-electron chi connectivity index (χ3n) is 5.07. The van der Waals surface area contributed by atoms with E-state index in [1.165, 1.54) is 11.4 Å². The van der Waals surface area contributed by atoms with Crippen LogP contribution in [-0.4, -0.2) is 56.9 Å². The molecule has 0 aromatic heterocycles. The van der Waals surface area contributed by atoms with Gasteiger partial charge in [-0.3, -0.25) is 4.79 Å². The Labute approximate surface area is 125 Å². The zero-order valence-electron chi connectivity index (χ0n) is 12.4. The summed E-state index contributed by atoms with van der Waals surface area (Å²) >= 11 is 0. The summed E-state index contributed by atoms with van der Waals surface area (Å²) in [6.45, 7) is 1.09. The van der Waals surface area contributed by atoms with Crippen LogP contribution in [0.4, 0.5) is 0 Å². The molecule has 0 aromatic carbocycles. The summed E-state index contributed by atoms with van der Waals surface area (Å²) in [4.78, 5) is 12.1. The Kier molecular flexibility index (Phi) is 4.25. The maximum absolute atomic E-state index is 12.7. The Hall–Kier alpha value is -0.660. The van der Waals surface area contributed by atoms with Crippen molar-refractivity contribution in [1.82, 2.24) is 4.31 Å². The first-order chi connectivity index (χ1) is 10.0. The normalized spacial score (nSPS) is 36.8. The summed E-state index contributed by atoms with van der Waals surface area (Å²) in [5, 5.41) is 0. The molecule has 21 heavy (non-hydrogen) atoms. The number of rotatable bonds is 4. The molecular weight excluding hydrogens is 294 g/mol. The highest BCUT2D eigenvalue weighted by Gasteiger charge is 2.52. The first-order valence-electron chi connectivity index (χ1n) is 7.72. The highest BCUT2D eigenvalue weighted by atomic mass is 32.2. The van der Waals surface area contributed by atoms with Gasteiger partial charge in [-0.1, -0.05) is 6.42 Å². The van der Waals surface area contributed by atoms with Crippen LogP contribution in [0.25, 0.3) is 0 Å². The molecule has 2 saturated heterocycles. The van der Waals surface area contributed by atoms with Gasteiger partial charge in [-0.15, -0.1) is 0 Å². The lowest BCUT2D eigenvalue weighted by Crippen LogP contribution is -2.46. The molecule has 0 amide bonds. The number of methoxy groups -OCH3 is 1. The fourth-order valence-corrected chi connectivity index (χ4v) is 6.00. The van der Waals surface area contributed by atoms with Crippen LogP contribution >= 0.6 is 0 Å². The number of hydrogen-bond acceptors (Lipinski definition) is 5. The van der Waals surface area contributed by atoms with Crippen molar-refractivity contribution in [3.8, 4) is 0 Å². The van der Waals surface area contributed by atoms with Crippen LogP contribution in [0.3, 0.4) is 0 Å². The van der Waals surface area contributed by atoms with Crippen LogP contribution in [0.15, 0.2) is 0 Å². The Bertz CT molecular complexity index is 499. The first-order valence-corrected chi connectivity index (χ1v) is 9.33. The van der Waals surface area contributed by atoms with Crippen LogP contribution in [0.1, 0.15) is 32.1 Å². The lowest BCUT2D eigenvalue weighted by molar-refractivity contribution is -0.145. The van der Waals surface area contributed by atoms with Gasteiger partial charge in [0, 0.05) is 13.2 Å². The van der Waals surface area contributed by atoms with Gasteiger partial charge in [-0.05, 0) is 37.5 Å². The average molecular weight is 317 g/mol. The summed E-state index contributed by atoms with van der Waals surface area (Å²) in [5.74, 6) is -0.00895. The first kappa shape index (κ1) is 15.2. The molecule has 0 spiro atoms. The van der Waals surface area contributed by atoms with E-state index in [4.69, 9.17) is 9.47 Å². The summed E-state index contributed by atoms with van der Waals surface area (Å²) in [5.41, 5.74) is 0. The molecule has 3 aliphatic rings. The summed E-state index contributed by atoms with van der Waals surface area (Å²) in [7, 11) is -2.15. The van der Waals surface area contributed by atoms with Crippen molar-refractivity contribution in [2.24, 2.45) is 11.8 Å². The number of nitrogens with zero attached hydrogens (tertiary/aromatic N) is 1. The fourth-order valence-electron chi connectivity index (χ4n) is 4.07.